The van der Waals surface area contributed by atoms with Crippen LogP contribution in [-0.4, -0.2) is 26.5 Å². The zero-order chi connectivity index (χ0) is 17.8. The van der Waals surface area contributed by atoms with Crippen LogP contribution in [0.1, 0.15) is 16.2 Å². The molecule has 0 unspecified atom stereocenters. The van der Waals surface area contributed by atoms with E-state index in [9.17, 15) is 15.0 Å². The fraction of sp³-hybridized carbons (Fsp3) is 0.0500. The summed E-state index contributed by atoms with van der Waals surface area (Å²) in [6, 6.07) is 17.8. The molecule has 2 N–H and O–H groups in total. The van der Waals surface area contributed by atoms with Gasteiger partial charge in [-0.05, 0) is 31.2 Å². The highest BCUT2D eigenvalue weighted by Crippen LogP contribution is 2.22. The fourth-order valence-electron chi connectivity index (χ4n) is 2.44. The number of aromatic hydroxyl groups is 2. The number of phenols is 2. The normalized spacial score (nSPS) is 10.3. The van der Waals surface area contributed by atoms with Crippen LogP contribution in [0.4, 0.5) is 0 Å². The van der Waals surface area contributed by atoms with Gasteiger partial charge >= 0.3 is 0 Å². The molecule has 4 aromatic rings. The average Bonchev–Trinajstić information content (AvgIpc) is 2.63. The standard InChI is InChI=1S/C10H7NO2.C10H9NO/c12-6-8-5-4-7-2-1-3-9(13)10(7)11-8;1-7-5-6-8-3-2-4-9(12)10(8)11-7/h1-6,13H;2-6,12H,1H3. The summed E-state index contributed by atoms with van der Waals surface area (Å²) in [6.07, 6.45) is 0.659. The zero-order valence-corrected chi connectivity index (χ0v) is 13.5. The highest BCUT2D eigenvalue weighted by molar-refractivity contribution is 5.87. The number of benzene rings is 2. The van der Waals surface area contributed by atoms with Crippen molar-refractivity contribution in [3.8, 4) is 11.5 Å². The lowest BCUT2D eigenvalue weighted by Gasteiger charge is -1.99. The molecule has 124 valence electrons. The van der Waals surface area contributed by atoms with Crippen molar-refractivity contribution in [2.24, 2.45) is 0 Å². The van der Waals surface area contributed by atoms with Crippen molar-refractivity contribution >= 4 is 28.1 Å². The lowest BCUT2D eigenvalue weighted by molar-refractivity contribution is 0.111. The number of aryl methyl sites for hydroxylation is 1. The van der Waals surface area contributed by atoms with Crippen molar-refractivity contribution in [3.05, 3.63) is 72.1 Å². The molecule has 0 spiro atoms. The van der Waals surface area contributed by atoms with Crippen LogP contribution in [0.2, 0.25) is 0 Å². The Labute approximate surface area is 144 Å². The molecule has 25 heavy (non-hydrogen) atoms. The molecule has 0 radical (unpaired) electrons. The van der Waals surface area contributed by atoms with Crippen LogP contribution < -0.4 is 0 Å². The maximum absolute atomic E-state index is 10.4. The predicted octanol–water partition coefficient (Wildman–Crippen LogP) is 4.00. The third-order valence-electron chi connectivity index (χ3n) is 3.68. The van der Waals surface area contributed by atoms with Gasteiger partial charge in [0.25, 0.3) is 0 Å². The van der Waals surface area contributed by atoms with E-state index >= 15 is 0 Å². The lowest BCUT2D eigenvalue weighted by Crippen LogP contribution is -1.87. The second kappa shape index (κ2) is 6.97. The molecule has 4 rings (SSSR count). The Morgan fingerprint density at radius 2 is 1.32 bits per heavy atom. The SMILES string of the molecule is Cc1ccc2cccc(O)c2n1.O=Cc1ccc2cccc(O)c2n1. The van der Waals surface area contributed by atoms with Gasteiger partial charge in [-0.3, -0.25) is 4.79 Å². The summed E-state index contributed by atoms with van der Waals surface area (Å²) < 4.78 is 0. The molecule has 2 heterocycles. The van der Waals surface area contributed by atoms with Crippen LogP contribution in [0.5, 0.6) is 11.5 Å². The summed E-state index contributed by atoms with van der Waals surface area (Å²) in [4.78, 5) is 18.6. The molecule has 2 aromatic heterocycles. The van der Waals surface area contributed by atoms with E-state index in [1.165, 1.54) is 0 Å². The van der Waals surface area contributed by atoms with Crippen molar-refractivity contribution < 1.29 is 15.0 Å². The van der Waals surface area contributed by atoms with Gasteiger partial charge < -0.3 is 10.2 Å². The third kappa shape index (κ3) is 3.55. The second-order valence-corrected chi connectivity index (χ2v) is 5.50. The number of phenolic OH excluding ortho intramolecular Hbond substituents is 2. The van der Waals surface area contributed by atoms with Gasteiger partial charge in [0.1, 0.15) is 28.2 Å². The van der Waals surface area contributed by atoms with E-state index in [-0.39, 0.29) is 11.5 Å². The maximum Gasteiger partial charge on any atom is 0.168 e. The number of para-hydroxylation sites is 2. The number of carbonyl (C=O) groups is 1. The first-order valence-electron chi connectivity index (χ1n) is 7.68. The molecular weight excluding hydrogens is 316 g/mol. The summed E-state index contributed by atoms with van der Waals surface area (Å²) in [5.74, 6) is 0.345. The van der Waals surface area contributed by atoms with E-state index in [0.717, 1.165) is 16.5 Å². The van der Waals surface area contributed by atoms with E-state index in [1.54, 1.807) is 30.3 Å². The summed E-state index contributed by atoms with van der Waals surface area (Å²) in [6.45, 7) is 1.91. The summed E-state index contributed by atoms with van der Waals surface area (Å²) in [5, 5.41) is 20.6. The zero-order valence-electron chi connectivity index (χ0n) is 13.5. The second-order valence-electron chi connectivity index (χ2n) is 5.50. The van der Waals surface area contributed by atoms with Gasteiger partial charge in [-0.15, -0.1) is 0 Å². The smallest absolute Gasteiger partial charge is 0.168 e. The number of fused-ring (bicyclic) bond motifs is 2. The Hall–Kier alpha value is -3.47. The van der Waals surface area contributed by atoms with Crippen molar-refractivity contribution in [1.82, 2.24) is 9.97 Å². The highest BCUT2D eigenvalue weighted by Gasteiger charge is 2.01. The van der Waals surface area contributed by atoms with Crippen molar-refractivity contribution in [1.29, 1.82) is 0 Å². The number of nitrogens with zero attached hydrogens (tertiary/aromatic N) is 2. The van der Waals surface area contributed by atoms with Gasteiger partial charge in [0.05, 0.1) is 0 Å². The van der Waals surface area contributed by atoms with Crippen LogP contribution in [0.3, 0.4) is 0 Å². The van der Waals surface area contributed by atoms with Crippen LogP contribution in [0, 0.1) is 6.92 Å². The molecule has 5 heteroatoms. The number of aromatic nitrogens is 2. The maximum atomic E-state index is 10.4. The minimum Gasteiger partial charge on any atom is -0.506 e. The van der Waals surface area contributed by atoms with Crippen LogP contribution in [0.25, 0.3) is 21.8 Å². The number of carbonyl (C=O) groups excluding carboxylic acids is 1. The van der Waals surface area contributed by atoms with Gasteiger partial charge in [-0.2, -0.15) is 0 Å². The van der Waals surface area contributed by atoms with Crippen LogP contribution >= 0.6 is 0 Å². The van der Waals surface area contributed by atoms with Crippen molar-refractivity contribution in [3.63, 3.8) is 0 Å². The molecule has 0 aliphatic rings. The minimum absolute atomic E-state index is 0.0983. The van der Waals surface area contributed by atoms with Crippen LogP contribution in [0.15, 0.2) is 60.7 Å². The van der Waals surface area contributed by atoms with Gasteiger partial charge in [-0.1, -0.05) is 36.4 Å². The minimum atomic E-state index is 0.0983. The Bertz CT molecular complexity index is 1060. The molecule has 0 amide bonds. The number of pyridine rings is 2. The fourth-order valence-corrected chi connectivity index (χ4v) is 2.44. The van der Waals surface area contributed by atoms with Gasteiger partial charge in [0.15, 0.2) is 6.29 Å². The largest absolute Gasteiger partial charge is 0.506 e. The monoisotopic (exact) mass is 332 g/mol. The number of rotatable bonds is 1. The Kier molecular flexibility index (Phi) is 4.57. The van der Waals surface area contributed by atoms with Crippen molar-refractivity contribution in [2.45, 2.75) is 6.92 Å². The molecule has 0 atom stereocenters. The van der Waals surface area contributed by atoms with E-state index in [0.29, 0.717) is 23.0 Å². The van der Waals surface area contributed by atoms with Crippen LogP contribution in [-0.2, 0) is 0 Å². The first-order chi connectivity index (χ1) is 12.1. The summed E-state index contributed by atoms with van der Waals surface area (Å²) in [7, 11) is 0. The quantitative estimate of drug-likeness (QED) is 0.515. The van der Waals surface area contributed by atoms with Gasteiger partial charge in [0, 0.05) is 16.5 Å². The molecule has 0 aliphatic heterocycles. The molecule has 0 fully saturated rings. The summed E-state index contributed by atoms with van der Waals surface area (Å²) >= 11 is 0. The number of hydrogen-bond acceptors (Lipinski definition) is 5. The van der Waals surface area contributed by atoms with E-state index in [2.05, 4.69) is 9.97 Å². The third-order valence-corrected chi connectivity index (χ3v) is 3.68. The summed E-state index contributed by atoms with van der Waals surface area (Å²) in [5.41, 5.74) is 2.39. The Morgan fingerprint density at radius 1 is 0.760 bits per heavy atom. The molecule has 0 saturated heterocycles. The number of aldehydes is 1. The molecule has 0 saturated carbocycles. The van der Waals surface area contributed by atoms with Crippen molar-refractivity contribution in [2.75, 3.05) is 0 Å². The van der Waals surface area contributed by atoms with E-state index < -0.39 is 0 Å². The predicted molar refractivity (Wildman–Crippen MR) is 96.9 cm³/mol. The first kappa shape index (κ1) is 16.4. The average molecular weight is 332 g/mol. The Balaban J connectivity index is 0.000000146. The van der Waals surface area contributed by atoms with Gasteiger partial charge in [-0.25, -0.2) is 9.97 Å². The molecule has 0 aliphatic carbocycles. The molecule has 5 nitrogen and oxygen atoms in total. The molecule has 0 bridgehead atoms. The number of hydrogen-bond donors (Lipinski definition) is 2. The van der Waals surface area contributed by atoms with E-state index in [1.807, 2.05) is 37.3 Å². The van der Waals surface area contributed by atoms with E-state index in [4.69, 9.17) is 0 Å². The first-order valence-corrected chi connectivity index (χ1v) is 7.68. The highest BCUT2D eigenvalue weighted by atomic mass is 16.3. The van der Waals surface area contributed by atoms with Gasteiger partial charge in [0.2, 0.25) is 0 Å². The topological polar surface area (TPSA) is 83.3 Å². The Morgan fingerprint density at radius 3 is 1.92 bits per heavy atom. The lowest BCUT2D eigenvalue weighted by atomic mass is 10.2. The molecular formula is C20H16N2O3. The molecule has 2 aromatic carbocycles.